The summed E-state index contributed by atoms with van der Waals surface area (Å²) in [7, 11) is 2.07. The maximum atomic E-state index is 13.4. The van der Waals surface area contributed by atoms with Gasteiger partial charge in [-0.15, -0.1) is 0 Å². The third kappa shape index (κ3) is 4.96. The van der Waals surface area contributed by atoms with Crippen LogP contribution in [0, 0.1) is 0 Å². The average molecular weight is 485 g/mol. The van der Waals surface area contributed by atoms with E-state index < -0.39 is 0 Å². The molecule has 1 amide bonds. The van der Waals surface area contributed by atoms with Crippen LogP contribution in [0.5, 0.6) is 0 Å². The van der Waals surface area contributed by atoms with E-state index in [1.807, 2.05) is 58.3 Å². The molecule has 186 valence electrons. The van der Waals surface area contributed by atoms with E-state index in [-0.39, 0.29) is 18.6 Å². The van der Waals surface area contributed by atoms with Crippen LogP contribution in [0.4, 0.5) is 5.82 Å². The molecule has 8 nitrogen and oxygen atoms in total. The lowest BCUT2D eigenvalue weighted by atomic mass is 10.1. The molecule has 4 aromatic rings. The molecule has 5 rings (SSSR count). The summed E-state index contributed by atoms with van der Waals surface area (Å²) in [5, 5.41) is 14.1. The monoisotopic (exact) mass is 484 g/mol. The molecular formula is C28H32N6O2. The molecule has 1 aliphatic rings. The molecule has 0 bridgehead atoms. The number of likely N-dealkylation sites (N-methyl/N-ethyl adjacent to an activating group) is 1. The van der Waals surface area contributed by atoms with E-state index in [0.717, 1.165) is 41.1 Å². The number of rotatable bonds is 7. The van der Waals surface area contributed by atoms with Crippen molar-refractivity contribution in [1.82, 2.24) is 24.3 Å². The van der Waals surface area contributed by atoms with Crippen molar-refractivity contribution >= 4 is 22.6 Å². The van der Waals surface area contributed by atoms with E-state index in [9.17, 15) is 9.90 Å². The maximum Gasteiger partial charge on any atom is 0.255 e. The van der Waals surface area contributed by atoms with Gasteiger partial charge >= 0.3 is 0 Å². The van der Waals surface area contributed by atoms with Gasteiger partial charge in [0, 0.05) is 62.3 Å². The molecule has 0 spiro atoms. The topological polar surface area (TPSA) is 86.5 Å². The molecule has 1 saturated heterocycles. The number of hydrogen-bond acceptors (Lipinski definition) is 6. The number of hydrogen-bond donors (Lipinski definition) is 2. The first-order valence-electron chi connectivity index (χ1n) is 12.4. The minimum Gasteiger partial charge on any atom is -0.396 e. The van der Waals surface area contributed by atoms with Gasteiger partial charge in [-0.05, 0) is 49.7 Å². The van der Waals surface area contributed by atoms with Crippen LogP contribution in [0.25, 0.3) is 16.6 Å². The quantitative estimate of drug-likeness (QED) is 0.418. The minimum atomic E-state index is -0.00989. The molecule has 1 unspecified atom stereocenters. The van der Waals surface area contributed by atoms with E-state index >= 15 is 0 Å². The Morgan fingerprint density at radius 1 is 1.06 bits per heavy atom. The normalized spacial score (nSPS) is 15.2. The van der Waals surface area contributed by atoms with Gasteiger partial charge in [0.1, 0.15) is 12.1 Å². The van der Waals surface area contributed by atoms with Crippen molar-refractivity contribution in [2.75, 3.05) is 45.2 Å². The van der Waals surface area contributed by atoms with E-state index in [1.54, 1.807) is 6.33 Å². The Balaban J connectivity index is 1.47. The van der Waals surface area contributed by atoms with Crippen molar-refractivity contribution in [1.29, 1.82) is 0 Å². The lowest BCUT2D eigenvalue weighted by Gasteiger charge is -2.32. The van der Waals surface area contributed by atoms with Crippen LogP contribution in [0.2, 0.25) is 0 Å². The lowest BCUT2D eigenvalue weighted by Crippen LogP contribution is -2.47. The molecule has 0 aliphatic carbocycles. The zero-order chi connectivity index (χ0) is 25.1. The van der Waals surface area contributed by atoms with Crippen LogP contribution in [0.3, 0.4) is 0 Å². The van der Waals surface area contributed by atoms with Gasteiger partial charge in [-0.2, -0.15) is 0 Å². The zero-order valence-electron chi connectivity index (χ0n) is 20.8. The Bertz CT molecular complexity index is 1340. The Morgan fingerprint density at radius 2 is 1.83 bits per heavy atom. The van der Waals surface area contributed by atoms with Gasteiger partial charge in [0.05, 0.1) is 11.1 Å². The second-order valence-electron chi connectivity index (χ2n) is 9.37. The van der Waals surface area contributed by atoms with Crippen molar-refractivity contribution in [2.24, 2.45) is 0 Å². The summed E-state index contributed by atoms with van der Waals surface area (Å²) in [4.78, 5) is 26.5. The number of piperazine rings is 1. The molecule has 3 heterocycles. The van der Waals surface area contributed by atoms with Gasteiger partial charge in [0.2, 0.25) is 0 Å². The molecular weight excluding hydrogens is 452 g/mol. The Hall–Kier alpha value is -3.75. The van der Waals surface area contributed by atoms with Crippen LogP contribution >= 0.6 is 0 Å². The van der Waals surface area contributed by atoms with E-state index in [1.165, 1.54) is 5.56 Å². The number of aliphatic hydroxyl groups is 1. The van der Waals surface area contributed by atoms with Gasteiger partial charge in [-0.3, -0.25) is 4.79 Å². The summed E-state index contributed by atoms with van der Waals surface area (Å²) in [5.74, 6) is 0.781. The summed E-state index contributed by atoms with van der Waals surface area (Å²) in [6.07, 6.45) is 5.84. The second-order valence-corrected chi connectivity index (χ2v) is 9.37. The van der Waals surface area contributed by atoms with Crippen LogP contribution in [0.1, 0.15) is 34.5 Å². The fourth-order valence-electron chi connectivity index (χ4n) is 4.69. The summed E-state index contributed by atoms with van der Waals surface area (Å²) >= 11 is 0. The average Bonchev–Trinajstić information content (AvgIpc) is 3.33. The van der Waals surface area contributed by atoms with Gasteiger partial charge in [-0.1, -0.05) is 30.3 Å². The first kappa shape index (κ1) is 24.0. The number of carbonyl (C=O) groups is 1. The van der Waals surface area contributed by atoms with Gasteiger partial charge in [-0.25, -0.2) is 9.97 Å². The predicted octanol–water partition coefficient (Wildman–Crippen LogP) is 3.52. The number of fused-ring (bicyclic) bond motifs is 1. The van der Waals surface area contributed by atoms with Crippen molar-refractivity contribution in [3.8, 4) is 5.69 Å². The molecule has 1 aliphatic heterocycles. The van der Waals surface area contributed by atoms with E-state index in [4.69, 9.17) is 0 Å². The highest BCUT2D eigenvalue weighted by Crippen LogP contribution is 2.27. The summed E-state index contributed by atoms with van der Waals surface area (Å²) in [6.45, 7) is 5.25. The SMILES string of the molecule is CC(Nc1ncnc2ccc(-n3cc(CCO)c(C(=O)N4CCN(C)CC4)c3)cc12)c1ccccc1. The van der Waals surface area contributed by atoms with E-state index in [2.05, 4.69) is 46.3 Å². The van der Waals surface area contributed by atoms with Crippen LogP contribution in [0.15, 0.2) is 67.3 Å². The summed E-state index contributed by atoms with van der Waals surface area (Å²) in [5.41, 5.74) is 4.42. The fourth-order valence-corrected chi connectivity index (χ4v) is 4.69. The maximum absolute atomic E-state index is 13.4. The molecule has 1 atom stereocenters. The highest BCUT2D eigenvalue weighted by atomic mass is 16.3. The molecule has 2 aromatic heterocycles. The Morgan fingerprint density at radius 3 is 2.58 bits per heavy atom. The van der Waals surface area contributed by atoms with Crippen molar-refractivity contribution in [3.05, 3.63) is 83.9 Å². The smallest absolute Gasteiger partial charge is 0.255 e. The molecule has 0 radical (unpaired) electrons. The zero-order valence-corrected chi connectivity index (χ0v) is 20.8. The Kier molecular flexibility index (Phi) is 6.97. The second kappa shape index (κ2) is 10.5. The number of nitrogens with zero attached hydrogens (tertiary/aromatic N) is 5. The predicted molar refractivity (Wildman–Crippen MR) is 142 cm³/mol. The van der Waals surface area contributed by atoms with Crippen LogP contribution in [-0.4, -0.2) is 75.2 Å². The van der Waals surface area contributed by atoms with Gasteiger partial charge in [0.15, 0.2) is 0 Å². The van der Waals surface area contributed by atoms with Crippen molar-refractivity contribution in [3.63, 3.8) is 0 Å². The number of anilines is 1. The van der Waals surface area contributed by atoms with E-state index in [0.29, 0.717) is 25.1 Å². The Labute approximate surface area is 211 Å². The molecule has 2 aromatic carbocycles. The van der Waals surface area contributed by atoms with Crippen LogP contribution < -0.4 is 5.32 Å². The largest absolute Gasteiger partial charge is 0.396 e. The molecule has 1 fully saturated rings. The summed E-state index contributed by atoms with van der Waals surface area (Å²) in [6, 6.07) is 16.3. The number of nitrogens with one attached hydrogen (secondary N) is 1. The number of aliphatic hydroxyl groups excluding tert-OH is 1. The third-order valence-corrected chi connectivity index (χ3v) is 6.88. The molecule has 36 heavy (non-hydrogen) atoms. The highest BCUT2D eigenvalue weighted by Gasteiger charge is 2.24. The molecule has 0 saturated carbocycles. The molecule has 2 N–H and O–H groups in total. The number of carbonyl (C=O) groups excluding carboxylic acids is 1. The summed E-state index contributed by atoms with van der Waals surface area (Å²) < 4.78 is 1.96. The van der Waals surface area contributed by atoms with Crippen molar-refractivity contribution < 1.29 is 9.90 Å². The van der Waals surface area contributed by atoms with Crippen molar-refractivity contribution in [2.45, 2.75) is 19.4 Å². The first-order valence-corrected chi connectivity index (χ1v) is 12.4. The number of amides is 1. The third-order valence-electron chi connectivity index (χ3n) is 6.88. The van der Waals surface area contributed by atoms with Gasteiger partial charge in [0.25, 0.3) is 5.91 Å². The van der Waals surface area contributed by atoms with Crippen LogP contribution in [-0.2, 0) is 6.42 Å². The number of benzene rings is 2. The fraction of sp³-hybridized carbons (Fsp3) is 0.321. The minimum absolute atomic E-state index is 0.00989. The standard InChI is InChI=1S/C28H32N6O2/c1-20(21-6-4-3-5-7-21)31-27-24-16-23(8-9-26(24)29-19-30-27)34-17-22(10-15-35)25(18-34)28(36)33-13-11-32(2)12-14-33/h3-9,16-20,35H,10-15H2,1-2H3,(H,29,30,31). The lowest BCUT2D eigenvalue weighted by molar-refractivity contribution is 0.0663. The highest BCUT2D eigenvalue weighted by molar-refractivity contribution is 5.96. The number of aromatic nitrogens is 3. The molecule has 8 heteroatoms. The van der Waals surface area contributed by atoms with Gasteiger partial charge < -0.3 is 24.8 Å². The first-order chi connectivity index (χ1) is 17.5.